The highest BCUT2D eigenvalue weighted by atomic mass is 35.5. The SMILES string of the molecule is CCNCc1c(Cl)cccc1OCC1CN(C)CCO1. The molecular formula is C15H23ClN2O2. The summed E-state index contributed by atoms with van der Waals surface area (Å²) in [6.07, 6.45) is 0.125. The molecule has 0 spiro atoms. The zero-order chi connectivity index (χ0) is 14.4. The highest BCUT2D eigenvalue weighted by molar-refractivity contribution is 6.31. The second-order valence-electron chi connectivity index (χ2n) is 5.06. The Morgan fingerprint density at radius 1 is 1.50 bits per heavy atom. The van der Waals surface area contributed by atoms with Crippen molar-refractivity contribution in [2.45, 2.75) is 19.6 Å². The molecular weight excluding hydrogens is 276 g/mol. The normalized spacial score (nSPS) is 20.1. The van der Waals surface area contributed by atoms with E-state index in [0.717, 1.165) is 49.1 Å². The lowest BCUT2D eigenvalue weighted by Gasteiger charge is -2.30. The summed E-state index contributed by atoms with van der Waals surface area (Å²) in [6.45, 7) is 6.91. The summed E-state index contributed by atoms with van der Waals surface area (Å²) < 4.78 is 11.6. The van der Waals surface area contributed by atoms with E-state index >= 15 is 0 Å². The Bertz CT molecular complexity index is 428. The van der Waals surface area contributed by atoms with Gasteiger partial charge in [-0.1, -0.05) is 24.6 Å². The van der Waals surface area contributed by atoms with Crippen LogP contribution in [0.4, 0.5) is 0 Å². The van der Waals surface area contributed by atoms with Gasteiger partial charge in [0.25, 0.3) is 0 Å². The van der Waals surface area contributed by atoms with Crippen LogP contribution >= 0.6 is 11.6 Å². The summed E-state index contributed by atoms with van der Waals surface area (Å²) >= 11 is 6.25. The molecule has 5 heteroatoms. The highest BCUT2D eigenvalue weighted by Gasteiger charge is 2.19. The third-order valence-electron chi connectivity index (χ3n) is 3.39. The van der Waals surface area contributed by atoms with Gasteiger partial charge < -0.3 is 19.7 Å². The molecule has 0 bridgehead atoms. The number of likely N-dealkylation sites (N-methyl/N-ethyl adjacent to an activating group) is 1. The first kappa shape index (κ1) is 15.6. The summed E-state index contributed by atoms with van der Waals surface area (Å²) in [4.78, 5) is 2.26. The number of morpholine rings is 1. The van der Waals surface area contributed by atoms with Gasteiger partial charge in [0, 0.05) is 30.2 Å². The first-order chi connectivity index (χ1) is 9.70. The number of hydrogen-bond acceptors (Lipinski definition) is 4. The number of hydrogen-bond donors (Lipinski definition) is 1. The molecule has 1 aromatic rings. The molecule has 0 saturated carbocycles. The average molecular weight is 299 g/mol. The molecule has 2 rings (SSSR count). The van der Waals surface area contributed by atoms with Crippen molar-refractivity contribution >= 4 is 11.6 Å². The Balaban J connectivity index is 1.96. The van der Waals surface area contributed by atoms with Crippen LogP contribution in [0.2, 0.25) is 5.02 Å². The molecule has 1 aromatic carbocycles. The summed E-state index contributed by atoms with van der Waals surface area (Å²) in [5, 5.41) is 4.03. The van der Waals surface area contributed by atoms with E-state index in [1.54, 1.807) is 0 Å². The molecule has 1 aliphatic rings. The predicted octanol–water partition coefficient (Wildman–Crippen LogP) is 2.16. The van der Waals surface area contributed by atoms with E-state index in [9.17, 15) is 0 Å². The molecule has 1 unspecified atom stereocenters. The fourth-order valence-corrected chi connectivity index (χ4v) is 2.48. The number of rotatable bonds is 6. The Labute approximate surface area is 126 Å². The minimum absolute atomic E-state index is 0.125. The van der Waals surface area contributed by atoms with Gasteiger partial charge in [0.1, 0.15) is 18.5 Å². The molecule has 1 saturated heterocycles. The van der Waals surface area contributed by atoms with Crippen LogP contribution < -0.4 is 10.1 Å². The minimum atomic E-state index is 0.125. The van der Waals surface area contributed by atoms with Crippen LogP contribution in [-0.4, -0.2) is 50.9 Å². The first-order valence-electron chi connectivity index (χ1n) is 7.11. The molecule has 1 fully saturated rings. The van der Waals surface area contributed by atoms with E-state index in [-0.39, 0.29) is 6.10 Å². The lowest BCUT2D eigenvalue weighted by atomic mass is 10.2. The van der Waals surface area contributed by atoms with Crippen LogP contribution in [-0.2, 0) is 11.3 Å². The molecule has 0 radical (unpaired) electrons. The molecule has 112 valence electrons. The van der Waals surface area contributed by atoms with Crippen LogP contribution in [0.5, 0.6) is 5.75 Å². The number of ether oxygens (including phenoxy) is 2. The van der Waals surface area contributed by atoms with Crippen molar-refractivity contribution in [3.05, 3.63) is 28.8 Å². The molecule has 20 heavy (non-hydrogen) atoms. The van der Waals surface area contributed by atoms with Crippen molar-refractivity contribution in [2.75, 3.05) is 39.9 Å². The largest absolute Gasteiger partial charge is 0.490 e. The molecule has 0 aliphatic carbocycles. The van der Waals surface area contributed by atoms with Crippen LogP contribution in [0.3, 0.4) is 0 Å². The second kappa shape index (κ2) is 7.84. The molecule has 1 atom stereocenters. The van der Waals surface area contributed by atoms with Gasteiger partial charge >= 0.3 is 0 Å². The lowest BCUT2D eigenvalue weighted by molar-refractivity contribution is -0.0404. The van der Waals surface area contributed by atoms with Gasteiger partial charge in [-0.05, 0) is 25.7 Å². The van der Waals surface area contributed by atoms with Gasteiger partial charge in [0.05, 0.1) is 6.61 Å². The fraction of sp³-hybridized carbons (Fsp3) is 0.600. The van der Waals surface area contributed by atoms with E-state index in [4.69, 9.17) is 21.1 Å². The van der Waals surface area contributed by atoms with Gasteiger partial charge in [0.2, 0.25) is 0 Å². The number of nitrogens with one attached hydrogen (secondary N) is 1. The number of halogens is 1. The standard InChI is InChI=1S/C15H23ClN2O2/c1-3-17-9-13-14(16)5-4-6-15(13)20-11-12-10-18(2)7-8-19-12/h4-6,12,17H,3,7-11H2,1-2H3. The van der Waals surface area contributed by atoms with E-state index in [1.165, 1.54) is 0 Å². The third kappa shape index (κ3) is 4.35. The van der Waals surface area contributed by atoms with Crippen LogP contribution in [0, 0.1) is 0 Å². The number of nitrogens with zero attached hydrogens (tertiary/aromatic N) is 1. The van der Waals surface area contributed by atoms with Crippen LogP contribution in [0.1, 0.15) is 12.5 Å². The van der Waals surface area contributed by atoms with E-state index in [0.29, 0.717) is 6.61 Å². The summed E-state index contributed by atoms with van der Waals surface area (Å²) in [5.41, 5.74) is 1.01. The van der Waals surface area contributed by atoms with Gasteiger partial charge in [-0.3, -0.25) is 0 Å². The zero-order valence-electron chi connectivity index (χ0n) is 12.2. The Kier molecular flexibility index (Phi) is 6.10. The maximum Gasteiger partial charge on any atom is 0.125 e. The third-order valence-corrected chi connectivity index (χ3v) is 3.75. The van der Waals surface area contributed by atoms with Crippen molar-refractivity contribution in [3.8, 4) is 5.75 Å². The first-order valence-corrected chi connectivity index (χ1v) is 7.49. The molecule has 0 aromatic heterocycles. The maximum absolute atomic E-state index is 6.25. The Morgan fingerprint density at radius 2 is 2.35 bits per heavy atom. The van der Waals surface area contributed by atoms with E-state index in [2.05, 4.69) is 24.2 Å². The summed E-state index contributed by atoms with van der Waals surface area (Å²) in [5.74, 6) is 0.843. The fourth-order valence-electron chi connectivity index (χ4n) is 2.25. The van der Waals surface area contributed by atoms with Crippen molar-refractivity contribution in [3.63, 3.8) is 0 Å². The summed E-state index contributed by atoms with van der Waals surface area (Å²) in [7, 11) is 2.10. The van der Waals surface area contributed by atoms with E-state index in [1.807, 2.05) is 18.2 Å². The minimum Gasteiger partial charge on any atom is -0.490 e. The van der Waals surface area contributed by atoms with Crippen LogP contribution in [0.15, 0.2) is 18.2 Å². The molecule has 0 amide bonds. The monoisotopic (exact) mass is 298 g/mol. The molecule has 1 N–H and O–H groups in total. The van der Waals surface area contributed by atoms with E-state index < -0.39 is 0 Å². The predicted molar refractivity (Wildman–Crippen MR) is 81.6 cm³/mol. The van der Waals surface area contributed by atoms with Crippen molar-refractivity contribution < 1.29 is 9.47 Å². The van der Waals surface area contributed by atoms with Crippen molar-refractivity contribution in [1.82, 2.24) is 10.2 Å². The van der Waals surface area contributed by atoms with Crippen molar-refractivity contribution in [1.29, 1.82) is 0 Å². The number of benzene rings is 1. The summed E-state index contributed by atoms with van der Waals surface area (Å²) in [6, 6.07) is 5.78. The van der Waals surface area contributed by atoms with Gasteiger partial charge in [-0.25, -0.2) is 0 Å². The zero-order valence-corrected chi connectivity index (χ0v) is 12.9. The maximum atomic E-state index is 6.25. The average Bonchev–Trinajstić information content (AvgIpc) is 2.44. The second-order valence-corrected chi connectivity index (χ2v) is 5.47. The van der Waals surface area contributed by atoms with Gasteiger partial charge in [0.15, 0.2) is 0 Å². The smallest absolute Gasteiger partial charge is 0.125 e. The Morgan fingerprint density at radius 3 is 3.10 bits per heavy atom. The topological polar surface area (TPSA) is 33.7 Å². The Hall–Kier alpha value is -0.810. The molecule has 1 heterocycles. The van der Waals surface area contributed by atoms with Crippen LogP contribution in [0.25, 0.3) is 0 Å². The lowest BCUT2D eigenvalue weighted by Crippen LogP contribution is -2.42. The molecule has 1 aliphatic heterocycles. The quantitative estimate of drug-likeness (QED) is 0.873. The van der Waals surface area contributed by atoms with Crippen molar-refractivity contribution in [2.24, 2.45) is 0 Å². The highest BCUT2D eigenvalue weighted by Crippen LogP contribution is 2.26. The van der Waals surface area contributed by atoms with Gasteiger partial charge in [-0.15, -0.1) is 0 Å². The van der Waals surface area contributed by atoms with Gasteiger partial charge in [-0.2, -0.15) is 0 Å². The molecule has 4 nitrogen and oxygen atoms in total.